The number of aromatic nitrogens is 4. The van der Waals surface area contributed by atoms with Gasteiger partial charge >= 0.3 is 6.18 Å². The summed E-state index contributed by atoms with van der Waals surface area (Å²) < 4.78 is 46.9. The average Bonchev–Trinajstić information content (AvgIpc) is 2.88. The molecule has 7 nitrogen and oxygen atoms in total. The zero-order valence-corrected chi connectivity index (χ0v) is 14.3. The van der Waals surface area contributed by atoms with Crippen LogP contribution in [0, 0.1) is 6.92 Å². The SMILES string of the molecule is Cc1ccnc2nc(C(=O)N3CC(C)(C)OC(C)(C(F)(F)F)C3)nn12. The van der Waals surface area contributed by atoms with Gasteiger partial charge in [0.25, 0.3) is 11.7 Å². The molecule has 1 unspecified atom stereocenters. The summed E-state index contributed by atoms with van der Waals surface area (Å²) in [6.45, 7) is 5.10. The maximum atomic E-state index is 13.4. The summed E-state index contributed by atoms with van der Waals surface area (Å²) in [7, 11) is 0. The molecule has 3 heterocycles. The predicted molar refractivity (Wildman–Crippen MR) is 81.0 cm³/mol. The summed E-state index contributed by atoms with van der Waals surface area (Å²) in [5, 5.41) is 4.07. The minimum absolute atomic E-state index is 0.000530. The number of carbonyl (C=O) groups is 1. The van der Waals surface area contributed by atoms with Crippen LogP contribution in [0.25, 0.3) is 5.78 Å². The predicted octanol–water partition coefficient (Wildman–Crippen LogP) is 2.00. The Labute approximate surface area is 141 Å². The lowest BCUT2D eigenvalue weighted by Gasteiger charge is -2.48. The molecule has 0 spiro atoms. The molecule has 0 radical (unpaired) electrons. The summed E-state index contributed by atoms with van der Waals surface area (Å²) in [4.78, 5) is 21.8. The summed E-state index contributed by atoms with van der Waals surface area (Å²) in [6, 6.07) is 1.69. The van der Waals surface area contributed by atoms with E-state index in [-0.39, 0.29) is 18.1 Å². The van der Waals surface area contributed by atoms with Gasteiger partial charge in [-0.3, -0.25) is 4.79 Å². The van der Waals surface area contributed by atoms with E-state index in [0.29, 0.717) is 5.69 Å². The number of hydrogen-bond acceptors (Lipinski definition) is 5. The first-order valence-electron chi connectivity index (χ1n) is 7.66. The van der Waals surface area contributed by atoms with Crippen molar-refractivity contribution in [3.8, 4) is 0 Å². The lowest BCUT2D eigenvalue weighted by molar-refractivity contribution is -0.318. The molecule has 1 aliphatic rings. The third-order valence-corrected chi connectivity index (χ3v) is 4.07. The molecule has 1 aliphatic heterocycles. The van der Waals surface area contributed by atoms with Gasteiger partial charge in [0, 0.05) is 18.4 Å². The molecule has 0 N–H and O–H groups in total. The number of hydrogen-bond donors (Lipinski definition) is 0. The smallest absolute Gasteiger partial charge is 0.356 e. The first-order chi connectivity index (χ1) is 11.4. The minimum atomic E-state index is -4.62. The van der Waals surface area contributed by atoms with E-state index >= 15 is 0 Å². The van der Waals surface area contributed by atoms with Crippen molar-refractivity contribution in [3.63, 3.8) is 0 Å². The highest BCUT2D eigenvalue weighted by atomic mass is 19.4. The van der Waals surface area contributed by atoms with Gasteiger partial charge in [-0.2, -0.15) is 18.2 Å². The Balaban J connectivity index is 1.96. The number of alkyl halides is 3. The highest BCUT2D eigenvalue weighted by Gasteiger charge is 2.59. The van der Waals surface area contributed by atoms with Gasteiger partial charge in [0.2, 0.25) is 5.82 Å². The number of morpholine rings is 1. The molecule has 3 rings (SSSR count). The van der Waals surface area contributed by atoms with E-state index in [9.17, 15) is 18.0 Å². The van der Waals surface area contributed by atoms with Crippen LogP contribution in [0.4, 0.5) is 13.2 Å². The standard InChI is InChI=1S/C15H18F3N5O2/c1-9-5-6-19-12-20-10(21-23(9)12)11(24)22-7-13(2,3)25-14(4,8-22)15(16,17)18/h5-6H,7-8H2,1-4H3. The topological polar surface area (TPSA) is 72.6 Å². The molecule has 1 amide bonds. The van der Waals surface area contributed by atoms with Crippen LogP contribution in [0.3, 0.4) is 0 Å². The van der Waals surface area contributed by atoms with Gasteiger partial charge in [0.1, 0.15) is 0 Å². The zero-order chi connectivity index (χ0) is 18.6. The quantitative estimate of drug-likeness (QED) is 0.781. The second-order valence-corrected chi connectivity index (χ2v) is 6.99. The molecule has 1 fully saturated rings. The van der Waals surface area contributed by atoms with Gasteiger partial charge in [0.05, 0.1) is 12.1 Å². The van der Waals surface area contributed by atoms with E-state index < -0.39 is 29.8 Å². The number of aryl methyl sites for hydroxylation is 1. The van der Waals surface area contributed by atoms with Gasteiger partial charge in [0.15, 0.2) is 5.60 Å². The average molecular weight is 357 g/mol. The lowest BCUT2D eigenvalue weighted by atomic mass is 9.96. The van der Waals surface area contributed by atoms with Crippen LogP contribution >= 0.6 is 0 Å². The van der Waals surface area contributed by atoms with E-state index in [0.717, 1.165) is 11.8 Å². The number of fused-ring (bicyclic) bond motifs is 1. The first-order valence-corrected chi connectivity index (χ1v) is 7.66. The third-order valence-electron chi connectivity index (χ3n) is 4.07. The fourth-order valence-electron chi connectivity index (χ4n) is 2.98. The second kappa shape index (κ2) is 5.38. The maximum absolute atomic E-state index is 13.4. The van der Waals surface area contributed by atoms with Crippen molar-refractivity contribution in [3.05, 3.63) is 23.8 Å². The molecule has 25 heavy (non-hydrogen) atoms. The number of nitrogens with zero attached hydrogens (tertiary/aromatic N) is 5. The van der Waals surface area contributed by atoms with Crippen LogP contribution in [-0.4, -0.2) is 60.9 Å². The van der Waals surface area contributed by atoms with E-state index in [1.54, 1.807) is 13.0 Å². The van der Waals surface area contributed by atoms with Gasteiger partial charge in [-0.25, -0.2) is 9.50 Å². The Morgan fingerprint density at radius 2 is 1.96 bits per heavy atom. The molecule has 0 aromatic carbocycles. The Bertz CT molecular complexity index is 832. The fraction of sp³-hybridized carbons (Fsp3) is 0.600. The molecule has 2 aromatic heterocycles. The van der Waals surface area contributed by atoms with Gasteiger partial charge < -0.3 is 9.64 Å². The molecule has 0 aliphatic carbocycles. The zero-order valence-electron chi connectivity index (χ0n) is 14.3. The highest BCUT2D eigenvalue weighted by molar-refractivity contribution is 5.91. The number of halogens is 3. The van der Waals surface area contributed by atoms with Crippen molar-refractivity contribution in [2.24, 2.45) is 0 Å². The van der Waals surface area contributed by atoms with E-state index in [2.05, 4.69) is 15.1 Å². The Morgan fingerprint density at radius 1 is 1.28 bits per heavy atom. The Morgan fingerprint density at radius 3 is 2.56 bits per heavy atom. The number of amides is 1. The first kappa shape index (κ1) is 17.6. The van der Waals surface area contributed by atoms with Crippen LogP contribution in [0.1, 0.15) is 37.1 Å². The molecule has 1 atom stereocenters. The minimum Gasteiger partial charge on any atom is -0.356 e. The molecule has 2 aromatic rings. The molecule has 0 saturated carbocycles. The summed E-state index contributed by atoms with van der Waals surface area (Å²) >= 11 is 0. The van der Waals surface area contributed by atoms with Crippen LogP contribution in [0.5, 0.6) is 0 Å². The van der Waals surface area contributed by atoms with Crippen molar-refractivity contribution in [2.75, 3.05) is 13.1 Å². The van der Waals surface area contributed by atoms with E-state index in [4.69, 9.17) is 4.74 Å². The van der Waals surface area contributed by atoms with Crippen LogP contribution in [0.2, 0.25) is 0 Å². The summed E-state index contributed by atoms with van der Waals surface area (Å²) in [6.07, 6.45) is -3.10. The summed E-state index contributed by atoms with van der Waals surface area (Å²) in [5.74, 6) is -0.657. The Kier molecular flexibility index (Phi) is 3.79. The van der Waals surface area contributed by atoms with Gasteiger partial charge in [-0.15, -0.1) is 5.10 Å². The van der Waals surface area contributed by atoms with Crippen LogP contribution in [0.15, 0.2) is 12.3 Å². The van der Waals surface area contributed by atoms with Gasteiger partial charge in [-0.05, 0) is 33.8 Å². The highest BCUT2D eigenvalue weighted by Crippen LogP contribution is 2.40. The monoisotopic (exact) mass is 357 g/mol. The van der Waals surface area contributed by atoms with Crippen molar-refractivity contribution in [1.82, 2.24) is 24.5 Å². The molecule has 10 heteroatoms. The van der Waals surface area contributed by atoms with E-state index in [1.807, 2.05) is 0 Å². The normalized spacial score (nSPS) is 23.9. The summed E-state index contributed by atoms with van der Waals surface area (Å²) in [5.41, 5.74) is -2.91. The number of rotatable bonds is 1. The molecular formula is C15H18F3N5O2. The second-order valence-electron chi connectivity index (χ2n) is 6.99. The van der Waals surface area contributed by atoms with Crippen molar-refractivity contribution < 1.29 is 22.7 Å². The van der Waals surface area contributed by atoms with Crippen LogP contribution in [-0.2, 0) is 4.74 Å². The molecule has 1 saturated heterocycles. The van der Waals surface area contributed by atoms with E-state index in [1.165, 1.54) is 24.6 Å². The van der Waals surface area contributed by atoms with Crippen molar-refractivity contribution in [2.45, 2.75) is 45.1 Å². The number of ether oxygens (including phenoxy) is 1. The number of carbonyl (C=O) groups excluding carboxylic acids is 1. The maximum Gasteiger partial charge on any atom is 0.418 e. The molecule has 136 valence electrons. The van der Waals surface area contributed by atoms with Crippen molar-refractivity contribution in [1.29, 1.82) is 0 Å². The lowest BCUT2D eigenvalue weighted by Crippen LogP contribution is -2.65. The Hall–Kier alpha value is -2.23. The fourth-order valence-corrected chi connectivity index (χ4v) is 2.98. The van der Waals surface area contributed by atoms with Crippen molar-refractivity contribution >= 4 is 11.7 Å². The van der Waals surface area contributed by atoms with Crippen LogP contribution < -0.4 is 0 Å². The molecular weight excluding hydrogens is 339 g/mol. The molecule has 0 bridgehead atoms. The largest absolute Gasteiger partial charge is 0.418 e. The third kappa shape index (κ3) is 3.06. The van der Waals surface area contributed by atoms with Gasteiger partial charge in [-0.1, -0.05) is 0 Å².